The third kappa shape index (κ3) is 4.48. The summed E-state index contributed by atoms with van der Waals surface area (Å²) in [6, 6.07) is 0. The Kier molecular flexibility index (Phi) is 5.17. The quantitative estimate of drug-likeness (QED) is 0.491. The van der Waals surface area contributed by atoms with Crippen molar-refractivity contribution >= 4 is 7.12 Å². The van der Waals surface area contributed by atoms with Gasteiger partial charge in [-0.1, -0.05) is 32.4 Å². The molecule has 1 heterocycles. The van der Waals surface area contributed by atoms with E-state index in [1.807, 2.05) is 0 Å². The van der Waals surface area contributed by atoms with Gasteiger partial charge in [0.1, 0.15) is 0 Å². The van der Waals surface area contributed by atoms with Crippen molar-refractivity contribution in [2.24, 2.45) is 5.92 Å². The maximum Gasteiger partial charge on any atom is 0.460 e. The largest absolute Gasteiger partial charge is 0.460 e. The fraction of sp³-hybridized carbons (Fsp3) is 0.800. The number of allylic oxidation sites excluding steroid dienone is 2. The molecule has 13 heavy (non-hydrogen) atoms. The molecule has 0 N–H and O–H groups in total. The van der Waals surface area contributed by atoms with Crippen LogP contribution in [0.15, 0.2) is 12.2 Å². The zero-order valence-electron chi connectivity index (χ0n) is 8.66. The van der Waals surface area contributed by atoms with Crippen molar-refractivity contribution in [2.45, 2.75) is 33.0 Å². The highest BCUT2D eigenvalue weighted by Crippen LogP contribution is 2.08. The molecule has 1 unspecified atom stereocenters. The smallest absolute Gasteiger partial charge is 0.411 e. The average Bonchev–Trinajstić information content (AvgIpc) is 2.19. The molecule has 2 nitrogen and oxygen atoms in total. The summed E-state index contributed by atoms with van der Waals surface area (Å²) in [7, 11) is 0.00839. The molecule has 1 aliphatic heterocycles. The molecule has 74 valence electrons. The van der Waals surface area contributed by atoms with Crippen LogP contribution in [-0.4, -0.2) is 20.3 Å². The van der Waals surface area contributed by atoms with Crippen molar-refractivity contribution < 1.29 is 9.31 Å². The van der Waals surface area contributed by atoms with Crippen LogP contribution in [0.3, 0.4) is 0 Å². The van der Waals surface area contributed by atoms with Crippen LogP contribution in [0, 0.1) is 5.92 Å². The lowest BCUT2D eigenvalue weighted by Crippen LogP contribution is -2.28. The maximum atomic E-state index is 5.42. The van der Waals surface area contributed by atoms with E-state index in [4.69, 9.17) is 9.31 Å². The second kappa shape index (κ2) is 6.22. The van der Waals surface area contributed by atoms with E-state index in [2.05, 4.69) is 26.0 Å². The van der Waals surface area contributed by atoms with Crippen LogP contribution in [0.2, 0.25) is 6.32 Å². The first-order valence-electron chi connectivity index (χ1n) is 5.22. The predicted octanol–water partition coefficient (Wildman–Crippen LogP) is 2.51. The molecule has 3 heteroatoms. The third-order valence-electron chi connectivity index (χ3n) is 2.33. The van der Waals surface area contributed by atoms with Crippen molar-refractivity contribution in [2.75, 3.05) is 13.2 Å². The van der Waals surface area contributed by atoms with E-state index in [0.717, 1.165) is 26.0 Å². The van der Waals surface area contributed by atoms with Crippen molar-refractivity contribution in [3.8, 4) is 0 Å². The maximum absolute atomic E-state index is 5.42. The molecule has 1 aliphatic rings. The number of hydrogen-bond donors (Lipinski definition) is 0. The van der Waals surface area contributed by atoms with E-state index < -0.39 is 0 Å². The molecule has 0 bridgehead atoms. The van der Waals surface area contributed by atoms with Gasteiger partial charge in [-0.2, -0.15) is 0 Å². The molecule has 0 amide bonds. The van der Waals surface area contributed by atoms with E-state index in [-0.39, 0.29) is 7.12 Å². The molecule has 0 aromatic heterocycles. The second-order valence-electron chi connectivity index (χ2n) is 3.57. The molecule has 1 atom stereocenters. The summed E-state index contributed by atoms with van der Waals surface area (Å²) < 4.78 is 10.8. The van der Waals surface area contributed by atoms with Crippen LogP contribution in [0.5, 0.6) is 0 Å². The second-order valence-corrected chi connectivity index (χ2v) is 3.57. The topological polar surface area (TPSA) is 18.5 Å². The zero-order chi connectivity index (χ0) is 9.52. The highest BCUT2D eigenvalue weighted by Gasteiger charge is 2.19. The molecular formula is C10H19BO2. The fourth-order valence-electron chi connectivity index (χ4n) is 1.23. The number of rotatable bonds is 4. The van der Waals surface area contributed by atoms with Gasteiger partial charge in [0, 0.05) is 19.5 Å². The summed E-state index contributed by atoms with van der Waals surface area (Å²) >= 11 is 0. The lowest BCUT2D eigenvalue weighted by molar-refractivity contribution is 0.136. The van der Waals surface area contributed by atoms with Gasteiger partial charge in [-0.15, -0.1) is 0 Å². The van der Waals surface area contributed by atoms with E-state index in [1.165, 1.54) is 6.42 Å². The van der Waals surface area contributed by atoms with Crippen LogP contribution in [0.25, 0.3) is 0 Å². The Hall–Kier alpha value is -0.275. The summed E-state index contributed by atoms with van der Waals surface area (Å²) in [6.07, 6.45) is 7.53. The lowest BCUT2D eigenvalue weighted by atomic mass is 9.83. The Morgan fingerprint density at radius 1 is 1.38 bits per heavy atom. The summed E-state index contributed by atoms with van der Waals surface area (Å²) in [4.78, 5) is 0. The molecule has 0 aliphatic carbocycles. The van der Waals surface area contributed by atoms with Crippen molar-refractivity contribution in [3.63, 3.8) is 0 Å². The molecule has 0 saturated carbocycles. The SMILES string of the molecule is CCC(C)/C=C/CB1OCCCO1. The normalized spacial score (nSPS) is 20.9. The van der Waals surface area contributed by atoms with Gasteiger partial charge in [-0.25, -0.2) is 0 Å². The summed E-state index contributed by atoms with van der Waals surface area (Å²) in [5.41, 5.74) is 0. The summed E-state index contributed by atoms with van der Waals surface area (Å²) in [5, 5.41) is 0. The fourth-order valence-corrected chi connectivity index (χ4v) is 1.23. The lowest BCUT2D eigenvalue weighted by Gasteiger charge is -2.18. The van der Waals surface area contributed by atoms with Crippen LogP contribution in [-0.2, 0) is 9.31 Å². The third-order valence-corrected chi connectivity index (χ3v) is 2.33. The van der Waals surface area contributed by atoms with Gasteiger partial charge in [-0.05, 0) is 12.3 Å². The van der Waals surface area contributed by atoms with Crippen molar-refractivity contribution in [3.05, 3.63) is 12.2 Å². The van der Waals surface area contributed by atoms with Gasteiger partial charge in [0.2, 0.25) is 0 Å². The van der Waals surface area contributed by atoms with Gasteiger partial charge >= 0.3 is 7.12 Å². The van der Waals surface area contributed by atoms with Gasteiger partial charge in [0.15, 0.2) is 0 Å². The van der Waals surface area contributed by atoms with Gasteiger partial charge in [0.25, 0.3) is 0 Å². The molecule has 0 spiro atoms. The monoisotopic (exact) mass is 182 g/mol. The van der Waals surface area contributed by atoms with Gasteiger partial charge < -0.3 is 9.31 Å². The summed E-state index contributed by atoms with van der Waals surface area (Å²) in [6.45, 7) is 6.12. The first-order chi connectivity index (χ1) is 6.33. The van der Waals surface area contributed by atoms with E-state index in [1.54, 1.807) is 0 Å². The highest BCUT2D eigenvalue weighted by molar-refractivity contribution is 6.45. The van der Waals surface area contributed by atoms with E-state index in [0.29, 0.717) is 5.92 Å². The van der Waals surface area contributed by atoms with Crippen LogP contribution in [0.1, 0.15) is 26.7 Å². The molecule has 0 aromatic carbocycles. The van der Waals surface area contributed by atoms with E-state index >= 15 is 0 Å². The molecule has 1 saturated heterocycles. The molecule has 1 fully saturated rings. The highest BCUT2D eigenvalue weighted by atomic mass is 16.6. The summed E-state index contributed by atoms with van der Waals surface area (Å²) in [5.74, 6) is 0.670. The molecular weight excluding hydrogens is 163 g/mol. The van der Waals surface area contributed by atoms with E-state index in [9.17, 15) is 0 Å². The Morgan fingerprint density at radius 2 is 2.08 bits per heavy atom. The van der Waals surface area contributed by atoms with Crippen LogP contribution < -0.4 is 0 Å². The Bertz CT molecular complexity index is 153. The molecule has 1 rings (SSSR count). The number of hydrogen-bond acceptors (Lipinski definition) is 2. The van der Waals surface area contributed by atoms with Crippen LogP contribution >= 0.6 is 0 Å². The zero-order valence-corrected chi connectivity index (χ0v) is 8.66. The first kappa shape index (κ1) is 10.8. The Morgan fingerprint density at radius 3 is 2.69 bits per heavy atom. The standard InChI is InChI=1S/C10H19BO2/c1-3-10(2)6-4-7-11-12-8-5-9-13-11/h4,6,10H,3,5,7-9H2,1-2H3/b6-4+. The van der Waals surface area contributed by atoms with Crippen LogP contribution in [0.4, 0.5) is 0 Å². The Balaban J connectivity index is 2.13. The first-order valence-corrected chi connectivity index (χ1v) is 5.22. The van der Waals surface area contributed by atoms with Gasteiger partial charge in [0.05, 0.1) is 0 Å². The minimum Gasteiger partial charge on any atom is -0.411 e. The molecule has 0 radical (unpaired) electrons. The minimum atomic E-state index is 0.00839. The predicted molar refractivity (Wildman–Crippen MR) is 55.7 cm³/mol. The molecule has 0 aromatic rings. The Labute approximate surface area is 81.4 Å². The van der Waals surface area contributed by atoms with Gasteiger partial charge in [-0.3, -0.25) is 0 Å². The average molecular weight is 182 g/mol. The minimum absolute atomic E-state index is 0.00839. The van der Waals surface area contributed by atoms with Crippen molar-refractivity contribution in [1.29, 1.82) is 0 Å². The van der Waals surface area contributed by atoms with Crippen molar-refractivity contribution in [1.82, 2.24) is 0 Å².